The number of anilines is 1. The Morgan fingerprint density at radius 1 is 1.28 bits per heavy atom. The zero-order valence-corrected chi connectivity index (χ0v) is 16.1. The van der Waals surface area contributed by atoms with E-state index in [1.54, 1.807) is 29.3 Å². The molecule has 8 nitrogen and oxygen atoms in total. The van der Waals surface area contributed by atoms with Gasteiger partial charge in [-0.1, -0.05) is 6.92 Å². The maximum absolute atomic E-state index is 13.2. The molecule has 0 fully saturated rings. The molecule has 0 radical (unpaired) electrons. The summed E-state index contributed by atoms with van der Waals surface area (Å²) in [6.45, 7) is 3.81. The van der Waals surface area contributed by atoms with Crippen molar-refractivity contribution >= 4 is 22.6 Å². The molecule has 0 saturated heterocycles. The molecule has 1 aliphatic heterocycles. The third-order valence-electron chi connectivity index (χ3n) is 4.92. The van der Waals surface area contributed by atoms with Crippen molar-refractivity contribution in [2.45, 2.75) is 33.1 Å². The molecule has 1 aliphatic rings. The third kappa shape index (κ3) is 3.60. The number of hydrogen-bond donors (Lipinski definition) is 1. The number of ether oxygens (including phenoxy) is 1. The molecule has 8 heteroatoms. The van der Waals surface area contributed by atoms with E-state index in [0.29, 0.717) is 48.9 Å². The van der Waals surface area contributed by atoms with Crippen LogP contribution in [0.25, 0.3) is 10.9 Å². The van der Waals surface area contributed by atoms with Gasteiger partial charge in [0.15, 0.2) is 0 Å². The molecule has 0 aromatic carbocycles. The largest absolute Gasteiger partial charge is 0.383 e. The van der Waals surface area contributed by atoms with E-state index in [9.17, 15) is 4.79 Å². The molecule has 2 N–H and O–H groups in total. The average Bonchev–Trinajstić information content (AvgIpc) is 3.24. The lowest BCUT2D eigenvalue weighted by atomic mass is 10.1. The van der Waals surface area contributed by atoms with Gasteiger partial charge in [-0.25, -0.2) is 9.97 Å². The highest BCUT2D eigenvalue weighted by atomic mass is 16.5. The second-order valence-corrected chi connectivity index (χ2v) is 6.91. The Bertz CT molecular complexity index is 1120. The van der Waals surface area contributed by atoms with Gasteiger partial charge in [-0.15, -0.1) is 0 Å². The van der Waals surface area contributed by atoms with Crippen LogP contribution in [0.2, 0.25) is 0 Å². The number of aromatic nitrogens is 3. The standard InChI is InChI=1S/C21H20N6O2/c1-2-5-27(10-14-4-3-13(7-22)8-24-14)21(28)18-6-15-16-11-29-12-17(16)20(23)26-19(15)9-25-18/h3-4,6,8-9H,2,5,10-12H2,1H3,(H2,23,26). The molecule has 3 aromatic heterocycles. The van der Waals surface area contributed by atoms with Crippen LogP contribution in [0.3, 0.4) is 0 Å². The SMILES string of the molecule is CCCN(Cc1ccc(C#N)cn1)C(=O)c1cc2c3c(c(N)nc2cn1)COC3. The zero-order chi connectivity index (χ0) is 20.4. The molecule has 3 aromatic rings. The lowest BCUT2D eigenvalue weighted by molar-refractivity contribution is 0.0735. The van der Waals surface area contributed by atoms with E-state index in [-0.39, 0.29) is 5.91 Å². The van der Waals surface area contributed by atoms with Gasteiger partial charge in [0.2, 0.25) is 0 Å². The molecule has 0 saturated carbocycles. The second kappa shape index (κ2) is 7.81. The van der Waals surface area contributed by atoms with Gasteiger partial charge in [0.1, 0.15) is 17.6 Å². The maximum Gasteiger partial charge on any atom is 0.272 e. The molecular formula is C21H20N6O2. The number of rotatable bonds is 5. The van der Waals surface area contributed by atoms with Crippen LogP contribution >= 0.6 is 0 Å². The van der Waals surface area contributed by atoms with Crippen molar-refractivity contribution in [2.24, 2.45) is 0 Å². The van der Waals surface area contributed by atoms with Crippen LogP contribution in [0.1, 0.15) is 46.2 Å². The predicted octanol–water partition coefficient (Wildman–Crippen LogP) is 2.56. The van der Waals surface area contributed by atoms with Crippen molar-refractivity contribution in [3.63, 3.8) is 0 Å². The number of fused-ring (bicyclic) bond motifs is 3. The van der Waals surface area contributed by atoms with Crippen molar-refractivity contribution in [1.82, 2.24) is 19.9 Å². The Balaban J connectivity index is 1.66. The molecule has 0 bridgehead atoms. The second-order valence-electron chi connectivity index (χ2n) is 6.91. The number of amides is 1. The number of nitrogen functional groups attached to an aromatic ring is 1. The van der Waals surface area contributed by atoms with Gasteiger partial charge in [0.05, 0.1) is 42.7 Å². The van der Waals surface area contributed by atoms with Crippen LogP contribution in [0.4, 0.5) is 5.82 Å². The maximum atomic E-state index is 13.2. The van der Waals surface area contributed by atoms with E-state index in [2.05, 4.69) is 15.0 Å². The fourth-order valence-electron chi connectivity index (χ4n) is 3.46. The van der Waals surface area contributed by atoms with Crippen LogP contribution in [-0.4, -0.2) is 32.3 Å². The van der Waals surface area contributed by atoms with Gasteiger partial charge in [-0.05, 0) is 30.2 Å². The topological polar surface area (TPSA) is 118 Å². The number of pyridine rings is 3. The molecule has 29 heavy (non-hydrogen) atoms. The zero-order valence-electron chi connectivity index (χ0n) is 16.1. The van der Waals surface area contributed by atoms with Crippen molar-refractivity contribution < 1.29 is 9.53 Å². The summed E-state index contributed by atoms with van der Waals surface area (Å²) in [5, 5.41) is 9.76. The number of nitrogens with two attached hydrogens (primary N) is 1. The number of carbonyl (C=O) groups is 1. The Morgan fingerprint density at radius 2 is 2.10 bits per heavy atom. The molecular weight excluding hydrogens is 368 g/mol. The number of nitrogens with zero attached hydrogens (tertiary/aromatic N) is 5. The Morgan fingerprint density at radius 3 is 2.83 bits per heavy atom. The Kier molecular flexibility index (Phi) is 5.06. The summed E-state index contributed by atoms with van der Waals surface area (Å²) in [7, 11) is 0. The summed E-state index contributed by atoms with van der Waals surface area (Å²) < 4.78 is 5.52. The molecule has 0 unspecified atom stereocenters. The normalized spacial score (nSPS) is 12.6. The van der Waals surface area contributed by atoms with Gasteiger partial charge >= 0.3 is 0 Å². The lowest BCUT2D eigenvalue weighted by Gasteiger charge is -2.21. The van der Waals surface area contributed by atoms with Gasteiger partial charge in [0.25, 0.3) is 5.91 Å². The summed E-state index contributed by atoms with van der Waals surface area (Å²) in [6, 6.07) is 7.28. The first-order valence-corrected chi connectivity index (χ1v) is 9.39. The van der Waals surface area contributed by atoms with Gasteiger partial charge in [-0.2, -0.15) is 5.26 Å². The first-order valence-electron chi connectivity index (χ1n) is 9.39. The highest BCUT2D eigenvalue weighted by Gasteiger charge is 2.22. The molecule has 146 valence electrons. The van der Waals surface area contributed by atoms with E-state index in [1.165, 1.54) is 6.20 Å². The molecule has 0 spiro atoms. The highest BCUT2D eigenvalue weighted by molar-refractivity contribution is 5.97. The van der Waals surface area contributed by atoms with Crippen LogP contribution in [-0.2, 0) is 24.5 Å². The minimum absolute atomic E-state index is 0.176. The van der Waals surface area contributed by atoms with Crippen LogP contribution in [0.5, 0.6) is 0 Å². The minimum Gasteiger partial charge on any atom is -0.383 e. The fourth-order valence-corrected chi connectivity index (χ4v) is 3.46. The number of hydrogen-bond acceptors (Lipinski definition) is 7. The quantitative estimate of drug-likeness (QED) is 0.713. The Hall–Kier alpha value is -3.57. The van der Waals surface area contributed by atoms with Gasteiger partial charge in [-0.3, -0.25) is 9.78 Å². The summed E-state index contributed by atoms with van der Waals surface area (Å²) in [5.41, 5.74) is 10.1. The van der Waals surface area contributed by atoms with Gasteiger partial charge in [0, 0.05) is 23.7 Å². The summed E-state index contributed by atoms with van der Waals surface area (Å²) in [6.07, 6.45) is 3.90. The third-order valence-corrected chi connectivity index (χ3v) is 4.92. The first-order chi connectivity index (χ1) is 14.1. The summed E-state index contributed by atoms with van der Waals surface area (Å²) >= 11 is 0. The monoisotopic (exact) mass is 388 g/mol. The van der Waals surface area contributed by atoms with Crippen molar-refractivity contribution in [3.8, 4) is 6.07 Å². The molecule has 0 aliphatic carbocycles. The van der Waals surface area contributed by atoms with Crippen LogP contribution in [0.15, 0.2) is 30.6 Å². The van der Waals surface area contributed by atoms with Crippen molar-refractivity contribution in [2.75, 3.05) is 12.3 Å². The molecule has 4 heterocycles. The van der Waals surface area contributed by atoms with E-state index in [1.807, 2.05) is 13.0 Å². The van der Waals surface area contributed by atoms with E-state index in [4.69, 9.17) is 15.7 Å². The summed E-state index contributed by atoms with van der Waals surface area (Å²) in [5.74, 6) is 0.273. The van der Waals surface area contributed by atoms with Gasteiger partial charge < -0.3 is 15.4 Å². The first kappa shape index (κ1) is 18.8. The summed E-state index contributed by atoms with van der Waals surface area (Å²) in [4.78, 5) is 27.9. The van der Waals surface area contributed by atoms with Crippen molar-refractivity contribution in [1.29, 1.82) is 5.26 Å². The van der Waals surface area contributed by atoms with Crippen molar-refractivity contribution in [3.05, 3.63) is 58.7 Å². The Labute approximate surface area is 168 Å². The average molecular weight is 388 g/mol. The fraction of sp³-hybridized carbons (Fsp3) is 0.286. The lowest BCUT2D eigenvalue weighted by Crippen LogP contribution is -2.32. The van der Waals surface area contributed by atoms with E-state index < -0.39 is 0 Å². The molecule has 4 rings (SSSR count). The van der Waals surface area contributed by atoms with Crippen LogP contribution < -0.4 is 5.73 Å². The smallest absolute Gasteiger partial charge is 0.272 e. The van der Waals surface area contributed by atoms with E-state index in [0.717, 1.165) is 28.6 Å². The number of nitriles is 1. The highest BCUT2D eigenvalue weighted by Crippen LogP contribution is 2.31. The predicted molar refractivity (Wildman–Crippen MR) is 106 cm³/mol. The minimum atomic E-state index is -0.176. The number of carbonyl (C=O) groups excluding carboxylic acids is 1. The van der Waals surface area contributed by atoms with E-state index >= 15 is 0 Å². The molecule has 1 amide bonds. The molecule has 0 atom stereocenters. The van der Waals surface area contributed by atoms with Crippen LogP contribution in [0, 0.1) is 11.3 Å².